The number of piperidine rings is 2. The molecular formula is C31H40ClF3N4O5. The monoisotopic (exact) mass is 640 g/mol. The second kappa shape index (κ2) is 14.2. The van der Waals surface area contributed by atoms with Gasteiger partial charge in [-0.05, 0) is 69.2 Å². The Morgan fingerprint density at radius 3 is 2.59 bits per heavy atom. The predicted octanol–water partition coefficient (Wildman–Crippen LogP) is 4.61. The van der Waals surface area contributed by atoms with E-state index in [1.165, 1.54) is 11.8 Å². The molecule has 4 aliphatic rings. The summed E-state index contributed by atoms with van der Waals surface area (Å²) in [7, 11) is 0. The normalized spacial score (nSPS) is 25.8. The molecule has 1 aromatic carbocycles. The number of esters is 1. The number of ether oxygens (including phenoxy) is 1. The van der Waals surface area contributed by atoms with Gasteiger partial charge in [0.2, 0.25) is 23.5 Å². The Morgan fingerprint density at radius 1 is 1.23 bits per heavy atom. The predicted molar refractivity (Wildman–Crippen MR) is 159 cm³/mol. The van der Waals surface area contributed by atoms with Gasteiger partial charge in [-0.2, -0.15) is 4.39 Å². The first-order valence-corrected chi connectivity index (χ1v) is 15.5. The van der Waals surface area contributed by atoms with E-state index in [1.54, 1.807) is 24.3 Å². The van der Waals surface area contributed by atoms with Crippen molar-refractivity contribution in [2.75, 3.05) is 18.5 Å². The minimum absolute atomic E-state index is 0.0266. The summed E-state index contributed by atoms with van der Waals surface area (Å²) in [5, 5.41) is 8.90. The summed E-state index contributed by atoms with van der Waals surface area (Å²) >= 11 is 6.14. The number of hydrogen-bond acceptors (Lipinski definition) is 6. The zero-order chi connectivity index (χ0) is 32.2. The van der Waals surface area contributed by atoms with Crippen molar-refractivity contribution in [3.05, 3.63) is 41.2 Å². The minimum Gasteiger partial charge on any atom is -0.461 e. The molecule has 4 fully saturated rings. The number of carbonyl (C=O) groups is 4. The van der Waals surface area contributed by atoms with Crippen LogP contribution in [0.1, 0.15) is 59.3 Å². The first-order chi connectivity index (χ1) is 20.8. The lowest BCUT2D eigenvalue weighted by atomic mass is 9.71. The van der Waals surface area contributed by atoms with E-state index < -0.39 is 72.0 Å². The zero-order valence-corrected chi connectivity index (χ0v) is 25.8. The molecule has 0 aromatic heterocycles. The molecule has 1 aromatic rings. The molecule has 3 amide bonds. The van der Waals surface area contributed by atoms with Crippen molar-refractivity contribution in [2.45, 2.75) is 89.4 Å². The van der Waals surface area contributed by atoms with Gasteiger partial charge in [-0.25, -0.2) is 13.6 Å². The molecule has 0 unspecified atom stereocenters. The molecule has 0 spiro atoms. The molecule has 13 heteroatoms. The number of anilines is 1. The molecular weight excluding hydrogens is 601 g/mol. The summed E-state index contributed by atoms with van der Waals surface area (Å²) in [6.07, 6.45) is 1.32. The minimum atomic E-state index is -3.21. The lowest BCUT2D eigenvalue weighted by Crippen LogP contribution is -2.70. The molecule has 1 aliphatic carbocycles. The molecule has 0 radical (unpaired) electrons. The van der Waals surface area contributed by atoms with Crippen LogP contribution in [0.4, 0.5) is 18.9 Å². The van der Waals surface area contributed by atoms with Gasteiger partial charge >= 0.3 is 5.97 Å². The third kappa shape index (κ3) is 7.86. The van der Waals surface area contributed by atoms with E-state index in [9.17, 15) is 23.6 Å². The molecule has 44 heavy (non-hydrogen) atoms. The van der Waals surface area contributed by atoms with Crippen molar-refractivity contribution in [3.8, 4) is 0 Å². The smallest absolute Gasteiger partial charge is 0.366 e. The second-order valence-electron chi connectivity index (χ2n) is 12.2. The highest BCUT2D eigenvalue weighted by Gasteiger charge is 2.61. The van der Waals surface area contributed by atoms with E-state index in [2.05, 4.69) is 16.0 Å². The highest BCUT2D eigenvalue weighted by Crippen LogP contribution is 2.49. The maximum atomic E-state index is 15.3. The maximum absolute atomic E-state index is 15.3. The van der Waals surface area contributed by atoms with E-state index in [4.69, 9.17) is 16.3 Å². The van der Waals surface area contributed by atoms with E-state index in [0.29, 0.717) is 36.5 Å². The molecule has 3 saturated heterocycles. The highest BCUT2D eigenvalue weighted by molar-refractivity contribution is 6.30. The number of rotatable bonds is 12. The third-order valence-corrected chi connectivity index (χ3v) is 8.71. The maximum Gasteiger partial charge on any atom is 0.366 e. The molecule has 3 heterocycles. The quantitative estimate of drug-likeness (QED) is 0.227. The lowest BCUT2D eigenvalue weighted by Gasteiger charge is -2.54. The van der Waals surface area contributed by atoms with Crippen molar-refractivity contribution in [2.24, 2.45) is 17.8 Å². The largest absolute Gasteiger partial charge is 0.461 e. The molecule has 1 saturated carbocycles. The molecule has 5 rings (SSSR count). The van der Waals surface area contributed by atoms with Crippen LogP contribution in [-0.4, -0.2) is 71.8 Å². The van der Waals surface area contributed by atoms with Gasteiger partial charge in [0.25, 0.3) is 5.92 Å². The van der Waals surface area contributed by atoms with Gasteiger partial charge in [0.1, 0.15) is 12.1 Å². The summed E-state index contributed by atoms with van der Waals surface area (Å²) in [5.41, 5.74) is 0.569. The standard InChI is InChI=1S/C31H40ClF3N4O5/c1-4-44-30(43)24(33)15-21(13-18-10-11-36-27(18)40)38-28(41)26-23-9-8-22(16-31(23,34)35)39(26)29(42)25(12-17(2)3)37-20-7-5-6-19(32)14-20/h5-7,14-15,17-18,21-23,25-26,37H,4,8-13,16H2,1-3H3,(H,36,40)(H,38,41)/b24-15+/t18-,21+,22-,23-,25-,26-/m1/s1. The van der Waals surface area contributed by atoms with Gasteiger partial charge < -0.3 is 25.6 Å². The Morgan fingerprint density at radius 2 is 1.98 bits per heavy atom. The number of amides is 3. The average molecular weight is 641 g/mol. The molecule has 2 bridgehead atoms. The van der Waals surface area contributed by atoms with E-state index in [0.717, 1.165) is 6.08 Å². The SMILES string of the molecule is CCOC(=O)/C(F)=C\[C@H](C[C@H]1CCNC1=O)NC(=O)[C@H]1[C@H]2CC[C@H](CC2(F)F)N1C(=O)[C@@H](CC(C)C)Nc1cccc(Cl)c1. The van der Waals surface area contributed by atoms with Crippen molar-refractivity contribution in [1.82, 2.24) is 15.5 Å². The van der Waals surface area contributed by atoms with Crippen LogP contribution < -0.4 is 16.0 Å². The second-order valence-corrected chi connectivity index (χ2v) is 12.6. The van der Waals surface area contributed by atoms with Gasteiger partial charge in [-0.1, -0.05) is 31.5 Å². The fraction of sp³-hybridized carbons (Fsp3) is 0.613. The average Bonchev–Trinajstić information content (AvgIpc) is 3.35. The molecule has 3 N–H and O–H groups in total. The van der Waals surface area contributed by atoms with Crippen LogP contribution in [0.2, 0.25) is 5.02 Å². The van der Waals surface area contributed by atoms with Crippen LogP contribution in [0.15, 0.2) is 36.2 Å². The number of hydrogen-bond donors (Lipinski definition) is 3. The van der Waals surface area contributed by atoms with Crippen LogP contribution in [0.25, 0.3) is 0 Å². The fourth-order valence-electron chi connectivity index (χ4n) is 6.53. The van der Waals surface area contributed by atoms with Crippen LogP contribution >= 0.6 is 11.6 Å². The Hall–Kier alpha value is -3.28. The highest BCUT2D eigenvalue weighted by atomic mass is 35.5. The first kappa shape index (κ1) is 33.6. The number of alkyl halides is 2. The van der Waals surface area contributed by atoms with Gasteiger partial charge in [0.15, 0.2) is 0 Å². The summed E-state index contributed by atoms with van der Waals surface area (Å²) in [6, 6.07) is 2.33. The number of benzene rings is 1. The van der Waals surface area contributed by atoms with Crippen molar-refractivity contribution >= 4 is 41.0 Å². The molecule has 9 nitrogen and oxygen atoms in total. The van der Waals surface area contributed by atoms with Crippen LogP contribution in [0.5, 0.6) is 0 Å². The molecule has 6 atom stereocenters. The number of halogens is 4. The van der Waals surface area contributed by atoms with Gasteiger partial charge in [0, 0.05) is 35.6 Å². The third-order valence-electron chi connectivity index (χ3n) is 8.48. The van der Waals surface area contributed by atoms with Crippen molar-refractivity contribution in [1.29, 1.82) is 0 Å². The number of nitrogens with zero attached hydrogens (tertiary/aromatic N) is 1. The van der Waals surface area contributed by atoms with Gasteiger partial charge in [0.05, 0.1) is 18.6 Å². The fourth-order valence-corrected chi connectivity index (χ4v) is 6.72. The summed E-state index contributed by atoms with van der Waals surface area (Å²) < 4.78 is 50.1. The van der Waals surface area contributed by atoms with E-state index in [1.807, 2.05) is 13.8 Å². The Bertz CT molecular complexity index is 1280. The zero-order valence-electron chi connectivity index (χ0n) is 25.1. The topological polar surface area (TPSA) is 117 Å². The van der Waals surface area contributed by atoms with Crippen LogP contribution in [-0.2, 0) is 23.9 Å². The first-order valence-electron chi connectivity index (χ1n) is 15.1. The van der Waals surface area contributed by atoms with Gasteiger partial charge in [-0.15, -0.1) is 0 Å². The summed E-state index contributed by atoms with van der Waals surface area (Å²) in [4.78, 5) is 53.7. The number of fused-ring (bicyclic) bond motifs is 3. The molecule has 3 aliphatic heterocycles. The van der Waals surface area contributed by atoms with Crippen molar-refractivity contribution in [3.63, 3.8) is 0 Å². The number of nitrogens with one attached hydrogen (secondary N) is 3. The summed E-state index contributed by atoms with van der Waals surface area (Å²) in [6.45, 7) is 5.67. The Labute approximate surface area is 260 Å². The number of carbonyl (C=O) groups excluding carboxylic acids is 4. The van der Waals surface area contributed by atoms with Gasteiger partial charge in [-0.3, -0.25) is 14.4 Å². The lowest BCUT2D eigenvalue weighted by molar-refractivity contribution is -0.194. The van der Waals surface area contributed by atoms with Crippen LogP contribution in [0.3, 0.4) is 0 Å². The van der Waals surface area contributed by atoms with E-state index in [-0.39, 0.29) is 31.3 Å². The Kier molecular flexibility index (Phi) is 10.9. The van der Waals surface area contributed by atoms with E-state index >= 15 is 8.78 Å². The summed E-state index contributed by atoms with van der Waals surface area (Å²) in [5.74, 6) is -9.42. The molecule has 242 valence electrons. The van der Waals surface area contributed by atoms with Crippen molar-refractivity contribution < 1.29 is 37.1 Å². The Balaban J connectivity index is 1.65. The van der Waals surface area contributed by atoms with Crippen LogP contribution in [0, 0.1) is 17.8 Å².